The fraction of sp³-hybridized carbons (Fsp3) is 0.0769. The first-order chi connectivity index (χ1) is 9.87. The van der Waals surface area contributed by atoms with Crippen LogP contribution in [-0.2, 0) is 14.8 Å². The summed E-state index contributed by atoms with van der Waals surface area (Å²) in [7, 11) is -3.69. The lowest BCUT2D eigenvalue weighted by atomic mass is 10.2. The monoisotopic (exact) mass is 324 g/mol. The number of carboxylic acid groups (broad SMARTS) is 1. The van der Waals surface area contributed by atoms with Gasteiger partial charge in [-0.2, -0.15) is 0 Å². The summed E-state index contributed by atoms with van der Waals surface area (Å²) in [5.74, 6) is -1.06. The van der Waals surface area contributed by atoms with Gasteiger partial charge in [0.05, 0.1) is 4.90 Å². The highest BCUT2D eigenvalue weighted by Gasteiger charge is 2.15. The molecule has 0 radical (unpaired) electrons. The molecule has 1 heterocycles. The van der Waals surface area contributed by atoms with Gasteiger partial charge in [-0.25, -0.2) is 18.2 Å². The van der Waals surface area contributed by atoms with E-state index >= 15 is 0 Å². The number of aryl methyl sites for hydroxylation is 1. The van der Waals surface area contributed by atoms with Gasteiger partial charge in [0.15, 0.2) is 5.13 Å². The third-order valence-electron chi connectivity index (χ3n) is 2.45. The van der Waals surface area contributed by atoms with Crippen LogP contribution in [0.4, 0.5) is 5.13 Å². The van der Waals surface area contributed by atoms with Crippen molar-refractivity contribution in [1.82, 2.24) is 4.98 Å². The summed E-state index contributed by atoms with van der Waals surface area (Å²) in [6.45, 7) is 1.83. The first-order valence-electron chi connectivity index (χ1n) is 5.83. The van der Waals surface area contributed by atoms with Gasteiger partial charge in [-0.15, -0.1) is 11.3 Å². The van der Waals surface area contributed by atoms with Gasteiger partial charge in [0.1, 0.15) is 0 Å². The first-order valence-corrected chi connectivity index (χ1v) is 8.13. The summed E-state index contributed by atoms with van der Waals surface area (Å²) in [5.41, 5.74) is 0.599. The maximum absolute atomic E-state index is 12.1. The van der Waals surface area contributed by atoms with Crippen LogP contribution in [0, 0.1) is 6.92 Å². The molecule has 0 saturated carbocycles. The van der Waals surface area contributed by atoms with Gasteiger partial charge in [-0.1, -0.05) is 12.1 Å². The average Bonchev–Trinajstić information content (AvgIpc) is 2.81. The third-order valence-corrected chi connectivity index (χ3v) is 4.76. The van der Waals surface area contributed by atoms with E-state index in [0.717, 1.165) is 11.0 Å². The van der Waals surface area contributed by atoms with E-state index in [0.29, 0.717) is 10.7 Å². The minimum absolute atomic E-state index is 0.0860. The number of aliphatic carboxylic acids is 1. The lowest BCUT2D eigenvalue weighted by Gasteiger charge is -2.05. The number of aromatic nitrogens is 1. The van der Waals surface area contributed by atoms with Crippen molar-refractivity contribution in [3.63, 3.8) is 0 Å². The number of nitrogens with zero attached hydrogens (tertiary/aromatic N) is 1. The summed E-state index contributed by atoms with van der Waals surface area (Å²) >= 11 is 1.25. The number of nitrogens with one attached hydrogen (secondary N) is 1. The number of thiazole rings is 1. The van der Waals surface area contributed by atoms with Crippen molar-refractivity contribution in [2.24, 2.45) is 0 Å². The van der Waals surface area contributed by atoms with Crippen LogP contribution in [0.15, 0.2) is 41.4 Å². The Balaban J connectivity index is 2.19. The Bertz CT molecular complexity index is 777. The summed E-state index contributed by atoms with van der Waals surface area (Å²) in [5, 5.41) is 8.83. The molecule has 0 saturated heterocycles. The third kappa shape index (κ3) is 4.14. The van der Waals surface area contributed by atoms with E-state index < -0.39 is 16.0 Å². The van der Waals surface area contributed by atoms with Crippen molar-refractivity contribution in [1.29, 1.82) is 0 Å². The molecule has 0 unspecified atom stereocenters. The van der Waals surface area contributed by atoms with Crippen molar-refractivity contribution < 1.29 is 18.3 Å². The van der Waals surface area contributed by atoms with Crippen molar-refractivity contribution in [2.75, 3.05) is 4.72 Å². The highest BCUT2D eigenvalue weighted by atomic mass is 32.2. The molecule has 0 aliphatic rings. The first kappa shape index (κ1) is 15.2. The van der Waals surface area contributed by atoms with E-state index in [1.165, 1.54) is 41.7 Å². The Morgan fingerprint density at radius 2 is 2.00 bits per heavy atom. The molecule has 8 heteroatoms. The zero-order valence-corrected chi connectivity index (χ0v) is 12.6. The lowest BCUT2D eigenvalue weighted by molar-refractivity contribution is -0.131. The second-order valence-electron chi connectivity index (χ2n) is 4.12. The summed E-state index contributed by atoms with van der Waals surface area (Å²) in [6.07, 6.45) is 3.96. The fourth-order valence-electron chi connectivity index (χ4n) is 1.50. The van der Waals surface area contributed by atoms with E-state index in [9.17, 15) is 13.2 Å². The Kier molecular flexibility index (Phi) is 4.39. The molecule has 2 aromatic rings. The number of anilines is 1. The molecule has 0 amide bonds. The van der Waals surface area contributed by atoms with Gasteiger partial charge in [0, 0.05) is 17.2 Å². The Morgan fingerprint density at radius 3 is 2.52 bits per heavy atom. The second-order valence-corrected chi connectivity index (χ2v) is 7.04. The molecule has 2 rings (SSSR count). The largest absolute Gasteiger partial charge is 0.478 e. The zero-order chi connectivity index (χ0) is 15.5. The van der Waals surface area contributed by atoms with Crippen LogP contribution in [0.1, 0.15) is 10.4 Å². The van der Waals surface area contributed by atoms with Crippen LogP contribution in [0.2, 0.25) is 0 Å². The van der Waals surface area contributed by atoms with Crippen LogP contribution in [0.5, 0.6) is 0 Å². The van der Waals surface area contributed by atoms with Gasteiger partial charge < -0.3 is 5.11 Å². The van der Waals surface area contributed by atoms with Gasteiger partial charge in [-0.3, -0.25) is 4.72 Å². The zero-order valence-electron chi connectivity index (χ0n) is 11.0. The van der Waals surface area contributed by atoms with Gasteiger partial charge in [0.25, 0.3) is 10.0 Å². The minimum Gasteiger partial charge on any atom is -0.478 e. The van der Waals surface area contributed by atoms with Crippen LogP contribution in [0.3, 0.4) is 0 Å². The van der Waals surface area contributed by atoms with Gasteiger partial charge >= 0.3 is 5.97 Å². The highest BCUT2D eigenvalue weighted by Crippen LogP contribution is 2.21. The van der Waals surface area contributed by atoms with E-state index in [1.54, 1.807) is 6.20 Å². The van der Waals surface area contributed by atoms with E-state index in [-0.39, 0.29) is 4.90 Å². The number of rotatable bonds is 5. The fourth-order valence-corrected chi connectivity index (χ4v) is 3.41. The molecule has 110 valence electrons. The molecule has 6 nitrogen and oxygen atoms in total. The molecule has 21 heavy (non-hydrogen) atoms. The SMILES string of the molecule is Cc1cnc(NS(=O)(=O)c2ccc(/C=C/C(=O)O)cc2)s1. The van der Waals surface area contributed by atoms with E-state index in [1.807, 2.05) is 6.92 Å². The van der Waals surface area contributed by atoms with Crippen LogP contribution >= 0.6 is 11.3 Å². The normalized spacial score (nSPS) is 11.7. The van der Waals surface area contributed by atoms with E-state index in [2.05, 4.69) is 9.71 Å². The van der Waals surface area contributed by atoms with Crippen molar-refractivity contribution in [3.8, 4) is 0 Å². The summed E-state index contributed by atoms with van der Waals surface area (Å²) < 4.78 is 26.7. The van der Waals surface area contributed by atoms with Crippen molar-refractivity contribution in [3.05, 3.63) is 47.0 Å². The Morgan fingerprint density at radius 1 is 1.33 bits per heavy atom. The van der Waals surface area contributed by atoms with Crippen molar-refractivity contribution >= 4 is 38.5 Å². The van der Waals surface area contributed by atoms with Crippen LogP contribution in [0.25, 0.3) is 6.08 Å². The molecule has 1 aromatic heterocycles. The maximum atomic E-state index is 12.1. The Hall–Kier alpha value is -2.19. The average molecular weight is 324 g/mol. The maximum Gasteiger partial charge on any atom is 0.328 e. The number of hydrogen-bond acceptors (Lipinski definition) is 5. The molecule has 2 N–H and O–H groups in total. The number of carbonyl (C=O) groups is 1. The smallest absolute Gasteiger partial charge is 0.328 e. The molecule has 0 spiro atoms. The molecule has 0 bridgehead atoms. The predicted molar refractivity (Wildman–Crippen MR) is 80.8 cm³/mol. The standard InChI is InChI=1S/C13H12N2O4S2/c1-9-8-14-13(20-9)15-21(18,19)11-5-2-10(3-6-11)4-7-12(16)17/h2-8H,1H3,(H,14,15)(H,16,17)/b7-4+. The predicted octanol–water partition coefficient (Wildman–Crippen LogP) is 2.35. The summed E-state index contributed by atoms with van der Waals surface area (Å²) in [6, 6.07) is 5.87. The summed E-state index contributed by atoms with van der Waals surface area (Å²) in [4.78, 5) is 15.3. The van der Waals surface area contributed by atoms with Gasteiger partial charge in [0.2, 0.25) is 0 Å². The van der Waals surface area contributed by atoms with Crippen LogP contribution < -0.4 is 4.72 Å². The second kappa shape index (κ2) is 6.06. The molecule has 0 atom stereocenters. The topological polar surface area (TPSA) is 96.4 Å². The van der Waals surface area contributed by atoms with Gasteiger partial charge in [-0.05, 0) is 30.7 Å². The number of hydrogen-bond donors (Lipinski definition) is 2. The van der Waals surface area contributed by atoms with Crippen LogP contribution in [-0.4, -0.2) is 24.5 Å². The quantitative estimate of drug-likeness (QED) is 0.823. The number of benzene rings is 1. The Labute approximate surface area is 125 Å². The molecule has 0 fully saturated rings. The highest BCUT2D eigenvalue weighted by molar-refractivity contribution is 7.93. The molecule has 0 aliphatic heterocycles. The molecule has 0 aliphatic carbocycles. The molecule has 1 aromatic carbocycles. The lowest BCUT2D eigenvalue weighted by Crippen LogP contribution is -2.12. The number of carboxylic acids is 1. The molecular weight excluding hydrogens is 312 g/mol. The van der Waals surface area contributed by atoms with E-state index in [4.69, 9.17) is 5.11 Å². The van der Waals surface area contributed by atoms with Crippen molar-refractivity contribution in [2.45, 2.75) is 11.8 Å². The minimum atomic E-state index is -3.69. The molecular formula is C13H12N2O4S2. The number of sulfonamides is 1.